The van der Waals surface area contributed by atoms with E-state index >= 15 is 0 Å². The molecule has 0 aliphatic carbocycles. The minimum atomic E-state index is -0.524. The number of carbonyl (C=O) groups is 1. The van der Waals surface area contributed by atoms with Crippen LogP contribution in [0.5, 0.6) is 0 Å². The van der Waals surface area contributed by atoms with Gasteiger partial charge < -0.3 is 15.2 Å². The standard InChI is InChI=1S/C21H24ClFN6O/c1-2-3-6-18(30)29-7-4-5-14(12-29)27-21-17(23)11-26-20(28-21)16-10-25-19-15(16)8-13(22)9-24-19/h8-11,14H,2-7,12H2,1H3,(H,24,25)(H,26,27,28)/t14-/m1/s1. The van der Waals surface area contributed by atoms with Gasteiger partial charge >= 0.3 is 0 Å². The predicted molar refractivity (Wildman–Crippen MR) is 115 cm³/mol. The molecule has 1 fully saturated rings. The number of carbonyl (C=O) groups excluding carboxylic acids is 1. The van der Waals surface area contributed by atoms with Crippen LogP contribution in [0.4, 0.5) is 10.2 Å². The number of nitrogens with zero attached hydrogens (tertiary/aromatic N) is 4. The molecule has 9 heteroatoms. The first-order valence-corrected chi connectivity index (χ1v) is 10.6. The first-order chi connectivity index (χ1) is 14.5. The summed E-state index contributed by atoms with van der Waals surface area (Å²) in [5.74, 6) is 0.151. The van der Waals surface area contributed by atoms with E-state index < -0.39 is 5.82 Å². The van der Waals surface area contributed by atoms with E-state index in [1.54, 1.807) is 18.5 Å². The van der Waals surface area contributed by atoms with Crippen LogP contribution in [0.2, 0.25) is 5.02 Å². The number of H-pyrrole nitrogens is 1. The third kappa shape index (κ3) is 4.38. The van der Waals surface area contributed by atoms with Crippen LogP contribution in [-0.4, -0.2) is 49.9 Å². The van der Waals surface area contributed by atoms with Crippen LogP contribution < -0.4 is 5.32 Å². The van der Waals surface area contributed by atoms with Gasteiger partial charge in [0.1, 0.15) is 5.65 Å². The van der Waals surface area contributed by atoms with Gasteiger partial charge in [0, 0.05) is 48.9 Å². The SMILES string of the molecule is CCCCC(=O)N1CCC[C@@H](Nc2nc(-c3c[nH]c4ncc(Cl)cc34)ncc2F)C1. The maximum atomic E-state index is 14.5. The number of anilines is 1. The molecular weight excluding hydrogens is 407 g/mol. The third-order valence-corrected chi connectivity index (χ3v) is 5.55. The number of halogens is 2. The van der Waals surface area contributed by atoms with E-state index in [0.29, 0.717) is 35.0 Å². The molecule has 1 amide bonds. The molecule has 0 unspecified atom stereocenters. The predicted octanol–water partition coefficient (Wildman–Crippen LogP) is 4.41. The topological polar surface area (TPSA) is 86.8 Å². The van der Waals surface area contributed by atoms with Crippen molar-refractivity contribution in [1.29, 1.82) is 0 Å². The second-order valence-corrected chi connectivity index (χ2v) is 8.01. The number of piperidine rings is 1. The monoisotopic (exact) mass is 430 g/mol. The number of rotatable bonds is 6. The lowest BCUT2D eigenvalue weighted by Gasteiger charge is -2.33. The summed E-state index contributed by atoms with van der Waals surface area (Å²) in [6, 6.07) is 1.72. The molecule has 1 saturated heterocycles. The van der Waals surface area contributed by atoms with Crippen LogP contribution in [-0.2, 0) is 4.79 Å². The smallest absolute Gasteiger partial charge is 0.222 e. The van der Waals surface area contributed by atoms with Crippen molar-refractivity contribution in [3.63, 3.8) is 0 Å². The van der Waals surface area contributed by atoms with E-state index in [1.807, 2.05) is 4.90 Å². The van der Waals surface area contributed by atoms with Gasteiger partial charge in [0.25, 0.3) is 0 Å². The number of aromatic nitrogens is 4. The van der Waals surface area contributed by atoms with E-state index in [1.165, 1.54) is 0 Å². The average Bonchev–Trinajstić information content (AvgIpc) is 3.17. The van der Waals surface area contributed by atoms with Crippen molar-refractivity contribution >= 4 is 34.4 Å². The minimum Gasteiger partial charge on any atom is -0.363 e. The second-order valence-electron chi connectivity index (χ2n) is 7.57. The Bertz CT molecular complexity index is 1060. The van der Waals surface area contributed by atoms with Crippen molar-refractivity contribution in [3.8, 4) is 11.4 Å². The zero-order valence-electron chi connectivity index (χ0n) is 16.8. The Kier molecular flexibility index (Phi) is 6.13. The molecule has 0 spiro atoms. The zero-order chi connectivity index (χ0) is 21.1. The van der Waals surface area contributed by atoms with E-state index in [0.717, 1.165) is 43.8 Å². The molecule has 1 aliphatic rings. The van der Waals surface area contributed by atoms with Crippen LogP contribution >= 0.6 is 11.6 Å². The molecule has 4 heterocycles. The summed E-state index contributed by atoms with van der Waals surface area (Å²) in [5, 5.41) is 4.45. The van der Waals surface area contributed by atoms with Gasteiger partial charge in [0.2, 0.25) is 5.91 Å². The highest BCUT2D eigenvalue weighted by Crippen LogP contribution is 2.28. The van der Waals surface area contributed by atoms with Crippen LogP contribution in [0.15, 0.2) is 24.7 Å². The van der Waals surface area contributed by atoms with Gasteiger partial charge in [-0.05, 0) is 25.3 Å². The van der Waals surface area contributed by atoms with Crippen LogP contribution in [0, 0.1) is 5.82 Å². The molecule has 0 aromatic carbocycles. The molecule has 0 radical (unpaired) electrons. The van der Waals surface area contributed by atoms with Gasteiger partial charge in [-0.2, -0.15) is 0 Å². The molecular formula is C21H24ClFN6O. The number of fused-ring (bicyclic) bond motifs is 1. The molecule has 3 aromatic heterocycles. The lowest BCUT2D eigenvalue weighted by molar-refractivity contribution is -0.132. The summed E-state index contributed by atoms with van der Waals surface area (Å²) in [7, 11) is 0. The van der Waals surface area contributed by atoms with Crippen LogP contribution in [0.1, 0.15) is 39.0 Å². The molecule has 1 aliphatic heterocycles. The van der Waals surface area contributed by atoms with Gasteiger partial charge in [-0.1, -0.05) is 24.9 Å². The van der Waals surface area contributed by atoms with E-state index in [-0.39, 0.29) is 17.8 Å². The van der Waals surface area contributed by atoms with Gasteiger partial charge in [-0.3, -0.25) is 4.79 Å². The Morgan fingerprint density at radius 2 is 2.27 bits per heavy atom. The number of unbranched alkanes of at least 4 members (excludes halogenated alkanes) is 1. The Morgan fingerprint density at radius 1 is 1.40 bits per heavy atom. The molecule has 0 saturated carbocycles. The maximum Gasteiger partial charge on any atom is 0.222 e. The van der Waals surface area contributed by atoms with E-state index in [9.17, 15) is 9.18 Å². The van der Waals surface area contributed by atoms with Gasteiger partial charge in [-0.15, -0.1) is 0 Å². The fourth-order valence-corrected chi connectivity index (χ4v) is 3.92. The van der Waals surface area contributed by atoms with E-state index in [2.05, 4.69) is 32.2 Å². The summed E-state index contributed by atoms with van der Waals surface area (Å²) < 4.78 is 14.5. The molecule has 3 aromatic rings. The average molecular weight is 431 g/mol. The highest BCUT2D eigenvalue weighted by atomic mass is 35.5. The Balaban J connectivity index is 1.53. The van der Waals surface area contributed by atoms with Gasteiger partial charge in [-0.25, -0.2) is 19.3 Å². The van der Waals surface area contributed by atoms with Gasteiger partial charge in [0.05, 0.1) is 11.2 Å². The highest BCUT2D eigenvalue weighted by molar-refractivity contribution is 6.31. The third-order valence-electron chi connectivity index (χ3n) is 5.34. The summed E-state index contributed by atoms with van der Waals surface area (Å²) >= 11 is 6.07. The molecule has 7 nitrogen and oxygen atoms in total. The number of hydrogen-bond donors (Lipinski definition) is 2. The number of amides is 1. The largest absolute Gasteiger partial charge is 0.363 e. The van der Waals surface area contributed by atoms with Crippen molar-refractivity contribution in [2.75, 3.05) is 18.4 Å². The molecule has 2 N–H and O–H groups in total. The number of pyridine rings is 1. The quantitative estimate of drug-likeness (QED) is 0.605. The summed E-state index contributed by atoms with van der Waals surface area (Å²) in [4.78, 5) is 30.1. The van der Waals surface area contributed by atoms with Crippen LogP contribution in [0.3, 0.4) is 0 Å². The van der Waals surface area contributed by atoms with Crippen molar-refractivity contribution < 1.29 is 9.18 Å². The van der Waals surface area contributed by atoms with Crippen molar-refractivity contribution in [2.24, 2.45) is 0 Å². The van der Waals surface area contributed by atoms with Crippen molar-refractivity contribution in [1.82, 2.24) is 24.8 Å². The maximum absolute atomic E-state index is 14.5. The first-order valence-electron chi connectivity index (χ1n) is 10.2. The molecule has 1 atom stereocenters. The van der Waals surface area contributed by atoms with Crippen molar-refractivity contribution in [2.45, 2.75) is 45.1 Å². The van der Waals surface area contributed by atoms with Crippen LogP contribution in [0.25, 0.3) is 22.4 Å². The van der Waals surface area contributed by atoms with Gasteiger partial charge in [0.15, 0.2) is 17.5 Å². The number of likely N-dealkylation sites (tertiary alicyclic amines) is 1. The fourth-order valence-electron chi connectivity index (χ4n) is 3.76. The van der Waals surface area contributed by atoms with Crippen molar-refractivity contribution in [3.05, 3.63) is 35.5 Å². The molecule has 30 heavy (non-hydrogen) atoms. The lowest BCUT2D eigenvalue weighted by atomic mass is 10.0. The molecule has 158 valence electrons. The number of hydrogen-bond acceptors (Lipinski definition) is 5. The summed E-state index contributed by atoms with van der Waals surface area (Å²) in [6.07, 6.45) is 8.62. The highest BCUT2D eigenvalue weighted by Gasteiger charge is 2.24. The number of aromatic amines is 1. The summed E-state index contributed by atoms with van der Waals surface area (Å²) in [5.41, 5.74) is 1.36. The molecule has 0 bridgehead atoms. The second kappa shape index (κ2) is 8.95. The Hall–Kier alpha value is -2.74. The number of nitrogens with one attached hydrogen (secondary N) is 2. The minimum absolute atomic E-state index is 0.0549. The fraction of sp³-hybridized carbons (Fsp3) is 0.429. The normalized spacial score (nSPS) is 16.8. The molecule has 4 rings (SSSR count). The first kappa shape index (κ1) is 20.5. The van der Waals surface area contributed by atoms with E-state index in [4.69, 9.17) is 11.6 Å². The summed E-state index contributed by atoms with van der Waals surface area (Å²) in [6.45, 7) is 3.37. The Morgan fingerprint density at radius 3 is 3.10 bits per heavy atom. The zero-order valence-corrected chi connectivity index (χ0v) is 17.5. The lowest BCUT2D eigenvalue weighted by Crippen LogP contribution is -2.45. The Labute approximate surface area is 179 Å².